The van der Waals surface area contributed by atoms with E-state index >= 15 is 0 Å². The minimum absolute atomic E-state index is 0.336. The van der Waals surface area contributed by atoms with Crippen molar-refractivity contribution in [1.29, 1.82) is 0 Å². The summed E-state index contributed by atoms with van der Waals surface area (Å²) in [5.74, 6) is 0.710. The molecule has 2 nitrogen and oxygen atoms in total. The van der Waals surface area contributed by atoms with Crippen molar-refractivity contribution in [3.8, 4) is 0 Å². The number of anilines is 1. The lowest BCUT2D eigenvalue weighted by Crippen LogP contribution is -2.04. The molecule has 3 N–H and O–H groups in total. The number of benzene rings is 1. The molecule has 0 aliphatic heterocycles. The molecule has 2 heteroatoms. The molecule has 0 heterocycles. The first-order valence-corrected chi connectivity index (χ1v) is 5.79. The highest BCUT2D eigenvalue weighted by molar-refractivity contribution is 5.41. The first kappa shape index (κ1) is 10.5. The van der Waals surface area contributed by atoms with Crippen molar-refractivity contribution in [2.75, 3.05) is 5.73 Å². The van der Waals surface area contributed by atoms with E-state index in [4.69, 9.17) is 5.73 Å². The average Bonchev–Trinajstić information content (AvgIpc) is 2.70. The summed E-state index contributed by atoms with van der Waals surface area (Å²) in [7, 11) is 0. The quantitative estimate of drug-likeness (QED) is 0.745. The second-order valence-corrected chi connectivity index (χ2v) is 4.57. The molecule has 0 radical (unpaired) electrons. The van der Waals surface area contributed by atoms with Crippen molar-refractivity contribution in [2.45, 2.75) is 38.2 Å². The molecule has 0 saturated heterocycles. The van der Waals surface area contributed by atoms with Gasteiger partial charge in [-0.1, -0.05) is 37.8 Å². The first-order chi connectivity index (χ1) is 7.25. The summed E-state index contributed by atoms with van der Waals surface area (Å²) in [6, 6.07) is 7.59. The molecule has 0 spiro atoms. The highest BCUT2D eigenvalue weighted by atomic mass is 16.3. The SMILES string of the molecule is Nc1cccc(C(O)CC2CCCC2)c1. The maximum atomic E-state index is 10.0. The summed E-state index contributed by atoms with van der Waals surface area (Å²) < 4.78 is 0. The van der Waals surface area contributed by atoms with Gasteiger partial charge < -0.3 is 10.8 Å². The van der Waals surface area contributed by atoms with E-state index in [0.717, 1.165) is 17.7 Å². The number of hydrogen-bond donors (Lipinski definition) is 2. The molecule has 1 atom stereocenters. The lowest BCUT2D eigenvalue weighted by atomic mass is 9.95. The van der Waals surface area contributed by atoms with Crippen molar-refractivity contribution in [1.82, 2.24) is 0 Å². The van der Waals surface area contributed by atoms with Gasteiger partial charge in [-0.25, -0.2) is 0 Å². The summed E-state index contributed by atoms with van der Waals surface area (Å²) in [6.07, 6.45) is 5.77. The van der Waals surface area contributed by atoms with E-state index in [1.54, 1.807) is 0 Å². The predicted molar refractivity (Wildman–Crippen MR) is 62.4 cm³/mol. The number of nitrogens with two attached hydrogens (primary N) is 1. The van der Waals surface area contributed by atoms with Crippen LogP contribution in [0.3, 0.4) is 0 Å². The minimum Gasteiger partial charge on any atom is -0.399 e. The third-order valence-electron chi connectivity index (χ3n) is 3.33. The van der Waals surface area contributed by atoms with Crippen LogP contribution in [0, 0.1) is 5.92 Å². The normalized spacial score (nSPS) is 19.3. The van der Waals surface area contributed by atoms with Crippen LogP contribution in [0.5, 0.6) is 0 Å². The van der Waals surface area contributed by atoms with Crippen LogP contribution in [-0.4, -0.2) is 5.11 Å². The molecule has 1 aromatic rings. The van der Waals surface area contributed by atoms with Crippen molar-refractivity contribution in [2.24, 2.45) is 5.92 Å². The zero-order chi connectivity index (χ0) is 10.7. The molecule has 1 aliphatic carbocycles. The molecule has 1 saturated carbocycles. The van der Waals surface area contributed by atoms with Gasteiger partial charge in [0.1, 0.15) is 0 Å². The fourth-order valence-electron chi connectivity index (χ4n) is 2.46. The van der Waals surface area contributed by atoms with Crippen LogP contribution in [0.25, 0.3) is 0 Å². The van der Waals surface area contributed by atoms with Gasteiger partial charge >= 0.3 is 0 Å². The number of hydrogen-bond acceptors (Lipinski definition) is 2. The van der Waals surface area contributed by atoms with E-state index < -0.39 is 0 Å². The van der Waals surface area contributed by atoms with E-state index in [0.29, 0.717) is 5.92 Å². The number of aliphatic hydroxyl groups excluding tert-OH is 1. The monoisotopic (exact) mass is 205 g/mol. The van der Waals surface area contributed by atoms with Crippen LogP contribution in [0.2, 0.25) is 0 Å². The predicted octanol–water partition coefficient (Wildman–Crippen LogP) is 2.88. The highest BCUT2D eigenvalue weighted by Gasteiger charge is 2.19. The summed E-state index contributed by atoms with van der Waals surface area (Å²) in [6.45, 7) is 0. The Morgan fingerprint density at radius 2 is 2.07 bits per heavy atom. The number of rotatable bonds is 3. The maximum Gasteiger partial charge on any atom is 0.0793 e. The average molecular weight is 205 g/mol. The van der Waals surface area contributed by atoms with Gasteiger partial charge in [0.25, 0.3) is 0 Å². The van der Waals surface area contributed by atoms with Crippen LogP contribution in [0.15, 0.2) is 24.3 Å². The minimum atomic E-state index is -0.336. The van der Waals surface area contributed by atoms with E-state index in [9.17, 15) is 5.11 Å². The summed E-state index contributed by atoms with van der Waals surface area (Å²) in [5, 5.41) is 10.0. The summed E-state index contributed by atoms with van der Waals surface area (Å²) in [5.41, 5.74) is 7.39. The Morgan fingerprint density at radius 3 is 2.73 bits per heavy atom. The fourth-order valence-corrected chi connectivity index (χ4v) is 2.46. The van der Waals surface area contributed by atoms with Crippen LogP contribution in [0.1, 0.15) is 43.8 Å². The molecule has 0 amide bonds. The van der Waals surface area contributed by atoms with E-state index in [2.05, 4.69) is 0 Å². The Labute approximate surface area is 91.1 Å². The second-order valence-electron chi connectivity index (χ2n) is 4.57. The van der Waals surface area contributed by atoms with Gasteiger partial charge in [-0.3, -0.25) is 0 Å². The largest absolute Gasteiger partial charge is 0.399 e. The van der Waals surface area contributed by atoms with Gasteiger partial charge in [0.05, 0.1) is 6.10 Å². The van der Waals surface area contributed by atoms with E-state index in [1.807, 2.05) is 24.3 Å². The maximum absolute atomic E-state index is 10.0. The molecule has 82 valence electrons. The molecule has 1 fully saturated rings. The molecule has 1 unspecified atom stereocenters. The van der Waals surface area contributed by atoms with Gasteiger partial charge in [0, 0.05) is 5.69 Å². The Hall–Kier alpha value is -1.02. The topological polar surface area (TPSA) is 46.2 Å². The lowest BCUT2D eigenvalue weighted by molar-refractivity contribution is 0.145. The lowest BCUT2D eigenvalue weighted by Gasteiger charge is -2.15. The van der Waals surface area contributed by atoms with Gasteiger partial charge in [-0.15, -0.1) is 0 Å². The van der Waals surface area contributed by atoms with Crippen LogP contribution in [0.4, 0.5) is 5.69 Å². The first-order valence-electron chi connectivity index (χ1n) is 5.79. The van der Waals surface area contributed by atoms with Crippen LogP contribution in [-0.2, 0) is 0 Å². The van der Waals surface area contributed by atoms with Crippen molar-refractivity contribution < 1.29 is 5.11 Å². The molecule has 15 heavy (non-hydrogen) atoms. The fraction of sp³-hybridized carbons (Fsp3) is 0.538. The molecular formula is C13H19NO. The second kappa shape index (κ2) is 4.67. The third kappa shape index (κ3) is 2.72. The van der Waals surface area contributed by atoms with Gasteiger partial charge in [-0.05, 0) is 30.0 Å². The molecule has 1 aliphatic rings. The Balaban J connectivity index is 1.97. The molecule has 0 aromatic heterocycles. The molecule has 0 bridgehead atoms. The number of aliphatic hydroxyl groups is 1. The summed E-state index contributed by atoms with van der Waals surface area (Å²) in [4.78, 5) is 0. The zero-order valence-electron chi connectivity index (χ0n) is 9.02. The molecule has 2 rings (SSSR count). The van der Waals surface area contributed by atoms with Crippen molar-refractivity contribution >= 4 is 5.69 Å². The Morgan fingerprint density at radius 1 is 1.33 bits per heavy atom. The standard InChI is InChI=1S/C13H19NO/c14-12-7-3-6-11(9-12)13(15)8-10-4-1-2-5-10/h3,6-7,9-10,13,15H,1-2,4-5,8,14H2. The van der Waals surface area contributed by atoms with Gasteiger partial charge in [0.15, 0.2) is 0 Å². The summed E-state index contributed by atoms with van der Waals surface area (Å²) >= 11 is 0. The molecule has 1 aromatic carbocycles. The smallest absolute Gasteiger partial charge is 0.0793 e. The number of nitrogen functional groups attached to an aromatic ring is 1. The third-order valence-corrected chi connectivity index (χ3v) is 3.33. The van der Waals surface area contributed by atoms with Crippen molar-refractivity contribution in [3.63, 3.8) is 0 Å². The van der Waals surface area contributed by atoms with Gasteiger partial charge in [-0.2, -0.15) is 0 Å². The Bertz CT molecular complexity index is 318. The van der Waals surface area contributed by atoms with E-state index in [-0.39, 0.29) is 6.10 Å². The Kier molecular flexibility index (Phi) is 3.27. The van der Waals surface area contributed by atoms with Crippen molar-refractivity contribution in [3.05, 3.63) is 29.8 Å². The zero-order valence-corrected chi connectivity index (χ0v) is 9.02. The van der Waals surface area contributed by atoms with Crippen LogP contribution >= 0.6 is 0 Å². The van der Waals surface area contributed by atoms with Crippen LogP contribution < -0.4 is 5.73 Å². The van der Waals surface area contributed by atoms with Gasteiger partial charge in [0.2, 0.25) is 0 Å². The molecular weight excluding hydrogens is 186 g/mol. The van der Waals surface area contributed by atoms with E-state index in [1.165, 1.54) is 25.7 Å². The highest BCUT2D eigenvalue weighted by Crippen LogP contribution is 2.33.